The average molecular weight is 261 g/mol. The van der Waals surface area contributed by atoms with Crippen molar-refractivity contribution in [1.29, 1.82) is 0 Å². The van der Waals surface area contributed by atoms with Crippen LogP contribution in [0.1, 0.15) is 30.5 Å². The third-order valence-corrected chi connectivity index (χ3v) is 3.18. The zero-order chi connectivity index (χ0) is 13.7. The van der Waals surface area contributed by atoms with E-state index in [1.807, 2.05) is 13.0 Å². The molecule has 0 saturated heterocycles. The van der Waals surface area contributed by atoms with Gasteiger partial charge in [0, 0.05) is 18.2 Å². The van der Waals surface area contributed by atoms with Gasteiger partial charge in [-0.05, 0) is 30.2 Å². The zero-order valence-corrected chi connectivity index (χ0v) is 10.9. The molecule has 3 heteroatoms. The highest BCUT2D eigenvalue weighted by Gasteiger charge is 2.09. The van der Waals surface area contributed by atoms with Crippen molar-refractivity contribution in [2.45, 2.75) is 25.9 Å². The largest absolute Gasteiger partial charge is 0.306 e. The summed E-state index contributed by atoms with van der Waals surface area (Å²) < 4.78 is 26.4. The van der Waals surface area contributed by atoms with Crippen molar-refractivity contribution < 1.29 is 8.78 Å². The third kappa shape index (κ3) is 3.61. The second kappa shape index (κ2) is 6.43. The summed E-state index contributed by atoms with van der Waals surface area (Å²) in [5, 5.41) is 3.30. The number of nitrogens with one attached hydrogen (secondary N) is 1. The molecule has 0 amide bonds. The Morgan fingerprint density at radius 3 is 2.32 bits per heavy atom. The van der Waals surface area contributed by atoms with Gasteiger partial charge in [0.05, 0.1) is 0 Å². The Labute approximate surface area is 112 Å². The molecule has 0 spiro atoms. The van der Waals surface area contributed by atoms with Crippen molar-refractivity contribution in [2.75, 3.05) is 0 Å². The summed E-state index contributed by atoms with van der Waals surface area (Å²) in [7, 11) is 0. The van der Waals surface area contributed by atoms with E-state index in [2.05, 4.69) is 5.32 Å². The van der Waals surface area contributed by atoms with E-state index in [0.29, 0.717) is 12.1 Å². The maximum atomic E-state index is 13.5. The van der Waals surface area contributed by atoms with Crippen LogP contribution < -0.4 is 5.32 Å². The molecule has 100 valence electrons. The minimum absolute atomic E-state index is 0.0974. The SMILES string of the molecule is CCC(NCc1ccccc1F)c1ccc(F)cc1. The molecule has 0 aliphatic rings. The molecule has 0 radical (unpaired) electrons. The molecule has 0 aliphatic carbocycles. The van der Waals surface area contributed by atoms with Crippen LogP contribution in [0.5, 0.6) is 0 Å². The number of hydrogen-bond acceptors (Lipinski definition) is 1. The monoisotopic (exact) mass is 261 g/mol. The molecular formula is C16H17F2N. The Morgan fingerprint density at radius 1 is 1.00 bits per heavy atom. The number of benzene rings is 2. The van der Waals surface area contributed by atoms with Crippen LogP contribution in [0.4, 0.5) is 8.78 Å². The first-order valence-electron chi connectivity index (χ1n) is 6.43. The van der Waals surface area contributed by atoms with Crippen LogP contribution in [-0.4, -0.2) is 0 Å². The summed E-state index contributed by atoms with van der Waals surface area (Å²) in [6, 6.07) is 13.2. The van der Waals surface area contributed by atoms with E-state index in [1.54, 1.807) is 24.3 Å². The summed E-state index contributed by atoms with van der Waals surface area (Å²) in [5.41, 5.74) is 1.66. The highest BCUT2D eigenvalue weighted by molar-refractivity contribution is 5.21. The van der Waals surface area contributed by atoms with Crippen LogP contribution in [0.3, 0.4) is 0 Å². The van der Waals surface area contributed by atoms with Crippen LogP contribution in [-0.2, 0) is 6.54 Å². The molecule has 1 atom stereocenters. The molecule has 0 saturated carbocycles. The lowest BCUT2D eigenvalue weighted by Gasteiger charge is -2.17. The molecule has 2 rings (SSSR count). The smallest absolute Gasteiger partial charge is 0.127 e. The quantitative estimate of drug-likeness (QED) is 0.850. The summed E-state index contributed by atoms with van der Waals surface area (Å²) in [6.07, 6.45) is 0.861. The second-order valence-electron chi connectivity index (χ2n) is 4.48. The zero-order valence-electron chi connectivity index (χ0n) is 10.9. The number of hydrogen-bond donors (Lipinski definition) is 1. The van der Waals surface area contributed by atoms with Crippen molar-refractivity contribution >= 4 is 0 Å². The van der Waals surface area contributed by atoms with Gasteiger partial charge in [0.2, 0.25) is 0 Å². The first-order valence-corrected chi connectivity index (χ1v) is 6.43. The highest BCUT2D eigenvalue weighted by Crippen LogP contribution is 2.18. The fourth-order valence-electron chi connectivity index (χ4n) is 2.07. The minimum Gasteiger partial charge on any atom is -0.306 e. The fraction of sp³-hybridized carbons (Fsp3) is 0.250. The molecule has 0 aliphatic heterocycles. The van der Waals surface area contributed by atoms with Crippen LogP contribution >= 0.6 is 0 Å². The molecule has 1 unspecified atom stereocenters. The van der Waals surface area contributed by atoms with Gasteiger partial charge in [-0.15, -0.1) is 0 Å². The van der Waals surface area contributed by atoms with Crippen LogP contribution in [0.2, 0.25) is 0 Å². The maximum absolute atomic E-state index is 13.5. The van der Waals surface area contributed by atoms with Gasteiger partial charge in [-0.1, -0.05) is 37.3 Å². The van der Waals surface area contributed by atoms with Crippen molar-refractivity contribution in [2.24, 2.45) is 0 Å². The van der Waals surface area contributed by atoms with Crippen LogP contribution in [0.25, 0.3) is 0 Å². The third-order valence-electron chi connectivity index (χ3n) is 3.18. The van der Waals surface area contributed by atoms with Gasteiger partial charge in [0.1, 0.15) is 11.6 Å². The Bertz CT molecular complexity index is 523. The molecule has 0 heterocycles. The lowest BCUT2D eigenvalue weighted by Crippen LogP contribution is -2.20. The lowest BCUT2D eigenvalue weighted by molar-refractivity contribution is 0.503. The molecule has 0 bridgehead atoms. The Balaban J connectivity index is 2.04. The molecular weight excluding hydrogens is 244 g/mol. The summed E-state index contributed by atoms with van der Waals surface area (Å²) >= 11 is 0. The van der Waals surface area contributed by atoms with Crippen molar-refractivity contribution in [1.82, 2.24) is 5.32 Å². The molecule has 1 nitrogen and oxygen atoms in total. The van der Waals surface area contributed by atoms with E-state index in [9.17, 15) is 8.78 Å². The summed E-state index contributed by atoms with van der Waals surface area (Å²) in [6.45, 7) is 2.50. The standard InChI is InChI=1S/C16H17F2N/c1-2-16(12-7-9-14(17)10-8-12)19-11-13-5-3-4-6-15(13)18/h3-10,16,19H,2,11H2,1H3. The van der Waals surface area contributed by atoms with Gasteiger partial charge in [-0.2, -0.15) is 0 Å². The second-order valence-corrected chi connectivity index (χ2v) is 4.48. The Hall–Kier alpha value is -1.74. The lowest BCUT2D eigenvalue weighted by atomic mass is 10.0. The summed E-state index contributed by atoms with van der Waals surface area (Å²) in [4.78, 5) is 0. The predicted octanol–water partition coefficient (Wildman–Crippen LogP) is 4.21. The molecule has 0 fully saturated rings. The van der Waals surface area contributed by atoms with Gasteiger partial charge in [-0.25, -0.2) is 8.78 Å². The molecule has 0 aromatic heterocycles. The van der Waals surface area contributed by atoms with E-state index in [0.717, 1.165) is 12.0 Å². The van der Waals surface area contributed by atoms with E-state index < -0.39 is 0 Å². The van der Waals surface area contributed by atoms with Crippen LogP contribution in [0.15, 0.2) is 48.5 Å². The van der Waals surface area contributed by atoms with Gasteiger partial charge < -0.3 is 5.32 Å². The van der Waals surface area contributed by atoms with Gasteiger partial charge in [0.25, 0.3) is 0 Å². The van der Waals surface area contributed by atoms with Crippen LogP contribution in [0, 0.1) is 11.6 Å². The predicted molar refractivity (Wildman–Crippen MR) is 72.7 cm³/mol. The summed E-state index contributed by atoms with van der Waals surface area (Å²) in [5.74, 6) is -0.448. The topological polar surface area (TPSA) is 12.0 Å². The Kier molecular flexibility index (Phi) is 4.63. The average Bonchev–Trinajstić information content (AvgIpc) is 2.43. The van der Waals surface area contributed by atoms with E-state index >= 15 is 0 Å². The number of rotatable bonds is 5. The van der Waals surface area contributed by atoms with E-state index in [4.69, 9.17) is 0 Å². The van der Waals surface area contributed by atoms with Crippen molar-refractivity contribution in [3.05, 3.63) is 71.3 Å². The highest BCUT2D eigenvalue weighted by atomic mass is 19.1. The number of halogens is 2. The van der Waals surface area contributed by atoms with Gasteiger partial charge >= 0.3 is 0 Å². The molecule has 2 aromatic rings. The van der Waals surface area contributed by atoms with Gasteiger partial charge in [-0.3, -0.25) is 0 Å². The molecule has 2 aromatic carbocycles. The first kappa shape index (κ1) is 13.7. The normalized spacial score (nSPS) is 12.4. The minimum atomic E-state index is -0.243. The molecule has 1 N–H and O–H groups in total. The van der Waals surface area contributed by atoms with Crippen molar-refractivity contribution in [3.8, 4) is 0 Å². The fourth-order valence-corrected chi connectivity index (χ4v) is 2.07. The maximum Gasteiger partial charge on any atom is 0.127 e. The Morgan fingerprint density at radius 2 is 1.68 bits per heavy atom. The van der Waals surface area contributed by atoms with E-state index in [1.165, 1.54) is 18.2 Å². The first-order chi connectivity index (χ1) is 9.20. The van der Waals surface area contributed by atoms with Gasteiger partial charge in [0.15, 0.2) is 0 Å². The van der Waals surface area contributed by atoms with E-state index in [-0.39, 0.29) is 17.7 Å². The molecule has 19 heavy (non-hydrogen) atoms. The van der Waals surface area contributed by atoms with Crippen molar-refractivity contribution in [3.63, 3.8) is 0 Å².